The van der Waals surface area contributed by atoms with E-state index in [0.717, 1.165) is 21.3 Å². The lowest BCUT2D eigenvalue weighted by atomic mass is 9.91. The third-order valence-corrected chi connectivity index (χ3v) is 5.53. The Balaban J connectivity index is 2.14. The highest BCUT2D eigenvalue weighted by Crippen LogP contribution is 2.49. The van der Waals surface area contributed by atoms with Gasteiger partial charge >= 0.3 is 0 Å². The molecule has 116 valence electrons. The van der Waals surface area contributed by atoms with Crippen molar-refractivity contribution < 1.29 is 14.2 Å². The highest BCUT2D eigenvalue weighted by atomic mass is 79.9. The molecule has 2 aromatic carbocycles. The summed E-state index contributed by atoms with van der Waals surface area (Å²) >= 11 is 7.19. The van der Waals surface area contributed by atoms with Crippen LogP contribution < -0.4 is 4.74 Å². The van der Waals surface area contributed by atoms with E-state index in [2.05, 4.69) is 31.9 Å². The number of halogens is 2. The summed E-state index contributed by atoms with van der Waals surface area (Å²) in [4.78, 5) is -0.189. The molecular formula is C17H16Br2O3. The van der Waals surface area contributed by atoms with Gasteiger partial charge in [-0.25, -0.2) is 0 Å². The van der Waals surface area contributed by atoms with E-state index in [4.69, 9.17) is 14.2 Å². The zero-order chi connectivity index (χ0) is 15.7. The molecule has 0 spiro atoms. The molecule has 0 unspecified atom stereocenters. The van der Waals surface area contributed by atoms with Crippen LogP contribution in [-0.4, -0.2) is 19.0 Å². The van der Waals surface area contributed by atoms with Crippen molar-refractivity contribution in [1.29, 1.82) is 0 Å². The van der Waals surface area contributed by atoms with Gasteiger partial charge in [-0.05, 0) is 18.2 Å². The molecule has 3 rings (SSSR count). The van der Waals surface area contributed by atoms with Gasteiger partial charge in [0, 0.05) is 29.8 Å². The lowest BCUT2D eigenvalue weighted by molar-refractivity contribution is -0.198. The summed E-state index contributed by atoms with van der Waals surface area (Å²) in [5.41, 5.74) is 1.94. The molecule has 0 fully saturated rings. The first kappa shape index (κ1) is 16.0. The largest absolute Gasteiger partial charge is 0.456 e. The minimum Gasteiger partial charge on any atom is -0.456 e. The third-order valence-electron chi connectivity index (χ3n) is 3.92. The van der Waals surface area contributed by atoms with Crippen molar-refractivity contribution >= 4 is 31.9 Å². The Labute approximate surface area is 146 Å². The first-order valence-electron chi connectivity index (χ1n) is 6.88. The molecule has 3 nitrogen and oxygen atoms in total. The van der Waals surface area contributed by atoms with E-state index in [-0.39, 0.29) is 10.9 Å². The van der Waals surface area contributed by atoms with Crippen molar-refractivity contribution in [2.45, 2.75) is 16.7 Å². The number of ether oxygens (including phenoxy) is 3. The van der Waals surface area contributed by atoms with Crippen LogP contribution in [0, 0.1) is 0 Å². The van der Waals surface area contributed by atoms with Crippen molar-refractivity contribution in [3.63, 3.8) is 0 Å². The van der Waals surface area contributed by atoms with Gasteiger partial charge in [-0.1, -0.05) is 62.2 Å². The van der Waals surface area contributed by atoms with Gasteiger partial charge in [-0.15, -0.1) is 0 Å². The molecule has 0 aliphatic carbocycles. The summed E-state index contributed by atoms with van der Waals surface area (Å²) < 4.78 is 18.8. The van der Waals surface area contributed by atoms with E-state index < -0.39 is 5.79 Å². The molecule has 0 radical (unpaired) electrons. The zero-order valence-corrected chi connectivity index (χ0v) is 15.4. The predicted octanol–water partition coefficient (Wildman–Crippen LogP) is 4.79. The lowest BCUT2D eigenvalue weighted by Gasteiger charge is -2.44. The Kier molecular flexibility index (Phi) is 4.59. The molecule has 3 atom stereocenters. The Morgan fingerprint density at radius 2 is 1.73 bits per heavy atom. The van der Waals surface area contributed by atoms with Crippen LogP contribution in [0.3, 0.4) is 0 Å². The molecule has 0 amide bonds. The molecule has 0 saturated heterocycles. The second-order valence-corrected chi connectivity index (χ2v) is 6.98. The van der Waals surface area contributed by atoms with Crippen LogP contribution in [0.25, 0.3) is 0 Å². The van der Waals surface area contributed by atoms with Gasteiger partial charge in [0.1, 0.15) is 16.7 Å². The summed E-state index contributed by atoms with van der Waals surface area (Å²) in [5, 5.41) is 0. The number of fused-ring (bicyclic) bond motifs is 1. The summed E-state index contributed by atoms with van der Waals surface area (Å²) in [5.74, 6) is -0.176. The van der Waals surface area contributed by atoms with E-state index in [9.17, 15) is 0 Å². The minimum atomic E-state index is -0.949. The quantitative estimate of drug-likeness (QED) is 0.659. The molecule has 22 heavy (non-hydrogen) atoms. The Bertz CT molecular complexity index is 659. The number of alkyl halides is 1. The maximum atomic E-state index is 6.27. The standard InChI is InChI=1S/C17H16Br2O3/c1-20-15-13-5-3-4-6-14(13)22-17(21-2,16(15)19)11-7-9-12(18)10-8-11/h3-10,15-16H,1-2H3/t15-,16-,17-/m0/s1. The maximum Gasteiger partial charge on any atom is 0.252 e. The Morgan fingerprint density at radius 1 is 1.05 bits per heavy atom. The van der Waals surface area contributed by atoms with Crippen LogP contribution in [0.1, 0.15) is 17.2 Å². The number of hydrogen-bond acceptors (Lipinski definition) is 3. The van der Waals surface area contributed by atoms with Crippen molar-refractivity contribution in [2.75, 3.05) is 14.2 Å². The zero-order valence-electron chi connectivity index (χ0n) is 12.3. The average Bonchev–Trinajstić information content (AvgIpc) is 2.55. The molecule has 1 heterocycles. The fourth-order valence-electron chi connectivity index (χ4n) is 2.80. The van der Waals surface area contributed by atoms with Crippen molar-refractivity contribution in [2.24, 2.45) is 0 Å². The number of hydrogen-bond donors (Lipinski definition) is 0. The Hall–Kier alpha value is -0.880. The summed E-state index contributed by atoms with van der Waals surface area (Å²) in [6.45, 7) is 0. The second-order valence-electron chi connectivity index (χ2n) is 5.08. The second kappa shape index (κ2) is 6.32. The molecule has 5 heteroatoms. The first-order chi connectivity index (χ1) is 10.6. The van der Waals surface area contributed by atoms with E-state index in [1.807, 2.05) is 48.5 Å². The SMILES string of the molecule is CO[C@H]1c2ccccc2O[C@@](OC)(c2ccc(Br)cc2)[C@H]1Br. The highest BCUT2D eigenvalue weighted by Gasteiger charge is 2.51. The summed E-state index contributed by atoms with van der Waals surface area (Å²) in [6.07, 6.45) is -0.173. The van der Waals surface area contributed by atoms with Gasteiger partial charge in [0.05, 0.1) is 0 Å². The number of para-hydroxylation sites is 1. The van der Waals surface area contributed by atoms with Gasteiger partial charge < -0.3 is 14.2 Å². The van der Waals surface area contributed by atoms with Gasteiger partial charge in [-0.2, -0.15) is 0 Å². The van der Waals surface area contributed by atoms with E-state index in [1.54, 1.807) is 14.2 Å². The molecule has 0 saturated carbocycles. The van der Waals surface area contributed by atoms with E-state index >= 15 is 0 Å². The van der Waals surface area contributed by atoms with Crippen LogP contribution in [-0.2, 0) is 15.3 Å². The van der Waals surface area contributed by atoms with Crippen LogP contribution in [0.4, 0.5) is 0 Å². The molecule has 0 N–H and O–H groups in total. The van der Waals surface area contributed by atoms with Gasteiger partial charge in [-0.3, -0.25) is 0 Å². The first-order valence-corrected chi connectivity index (χ1v) is 8.59. The van der Waals surface area contributed by atoms with Crippen molar-refractivity contribution in [3.05, 3.63) is 64.1 Å². The van der Waals surface area contributed by atoms with Crippen molar-refractivity contribution in [1.82, 2.24) is 0 Å². The summed E-state index contributed by atoms with van der Waals surface area (Å²) in [6, 6.07) is 15.8. The monoisotopic (exact) mass is 426 g/mol. The molecule has 0 bridgehead atoms. The molecular weight excluding hydrogens is 412 g/mol. The van der Waals surface area contributed by atoms with Gasteiger partial charge in [0.15, 0.2) is 0 Å². The van der Waals surface area contributed by atoms with Gasteiger partial charge in [0.2, 0.25) is 0 Å². The van der Waals surface area contributed by atoms with Gasteiger partial charge in [0.25, 0.3) is 5.79 Å². The lowest BCUT2D eigenvalue weighted by Crippen LogP contribution is -2.49. The van der Waals surface area contributed by atoms with Crippen LogP contribution in [0.5, 0.6) is 5.75 Å². The average molecular weight is 428 g/mol. The van der Waals surface area contributed by atoms with Crippen LogP contribution in [0.2, 0.25) is 0 Å². The summed E-state index contributed by atoms with van der Waals surface area (Å²) in [7, 11) is 3.35. The Morgan fingerprint density at radius 3 is 2.36 bits per heavy atom. The fourth-order valence-corrected chi connectivity index (χ4v) is 4.11. The molecule has 2 aromatic rings. The van der Waals surface area contributed by atoms with E-state index in [0.29, 0.717) is 0 Å². The van der Waals surface area contributed by atoms with E-state index in [1.165, 1.54) is 0 Å². The normalized spacial score (nSPS) is 27.1. The van der Waals surface area contributed by atoms with Crippen LogP contribution >= 0.6 is 31.9 Å². The fraction of sp³-hybridized carbons (Fsp3) is 0.294. The predicted molar refractivity (Wildman–Crippen MR) is 92.4 cm³/mol. The minimum absolute atomic E-state index is 0.173. The number of benzene rings is 2. The third kappa shape index (κ3) is 2.50. The number of rotatable bonds is 3. The topological polar surface area (TPSA) is 27.7 Å². The smallest absolute Gasteiger partial charge is 0.252 e. The maximum absolute atomic E-state index is 6.27. The van der Waals surface area contributed by atoms with Crippen LogP contribution in [0.15, 0.2) is 53.0 Å². The molecule has 1 aliphatic heterocycles. The highest BCUT2D eigenvalue weighted by molar-refractivity contribution is 9.10. The molecule has 1 aliphatic rings. The molecule has 0 aromatic heterocycles. The number of methoxy groups -OCH3 is 2. The van der Waals surface area contributed by atoms with Crippen molar-refractivity contribution in [3.8, 4) is 5.75 Å².